The summed E-state index contributed by atoms with van der Waals surface area (Å²) in [7, 11) is 0. The number of aryl methyl sites for hydroxylation is 1. The lowest BCUT2D eigenvalue weighted by Gasteiger charge is -2.55. The summed E-state index contributed by atoms with van der Waals surface area (Å²) in [6.07, 6.45) is 1.91. The maximum absolute atomic E-state index is 9.80. The molecule has 150 valence electrons. The smallest absolute Gasteiger partial charge is 0.252 e. The van der Waals surface area contributed by atoms with Gasteiger partial charge in [0.05, 0.1) is 36.1 Å². The Balaban J connectivity index is 1.47. The highest BCUT2D eigenvalue weighted by molar-refractivity contribution is 5.47. The summed E-state index contributed by atoms with van der Waals surface area (Å²) < 4.78 is 7.04. The molecule has 0 saturated carbocycles. The zero-order chi connectivity index (χ0) is 20.0. The Hall–Kier alpha value is -2.77. The summed E-state index contributed by atoms with van der Waals surface area (Å²) in [5.74, 6) is 1.45. The van der Waals surface area contributed by atoms with Crippen LogP contribution >= 0.6 is 0 Å². The normalized spacial score (nSPS) is 18.4. The molecule has 4 heterocycles. The van der Waals surface area contributed by atoms with E-state index >= 15 is 0 Å². The van der Waals surface area contributed by atoms with E-state index in [9.17, 15) is 5.11 Å². The summed E-state index contributed by atoms with van der Waals surface area (Å²) >= 11 is 0. The molecule has 2 fully saturated rings. The average Bonchev–Trinajstić information content (AvgIpc) is 3.12. The first-order chi connectivity index (χ1) is 14.0. The van der Waals surface area contributed by atoms with E-state index < -0.39 is 6.10 Å². The number of aliphatic hydroxyl groups excluding tert-OH is 1. The average molecular weight is 391 g/mol. The third-order valence-corrected chi connectivity index (χ3v) is 5.70. The van der Waals surface area contributed by atoms with Gasteiger partial charge in [-0.2, -0.15) is 10.1 Å². The second-order valence-corrected chi connectivity index (χ2v) is 8.39. The van der Waals surface area contributed by atoms with Gasteiger partial charge in [-0.25, -0.2) is 9.67 Å². The molecule has 1 atom stereocenters. The fraction of sp³-hybridized carbons (Fsp3) is 0.409. The summed E-state index contributed by atoms with van der Waals surface area (Å²) in [6, 6.07) is 12.4. The molecule has 7 heteroatoms. The van der Waals surface area contributed by atoms with Crippen molar-refractivity contribution in [3.8, 4) is 5.95 Å². The number of aromatic nitrogens is 4. The standard InChI is InChI=1S/C22H25N5O2/c1-15-3-5-17(6-4-15)9-18-10-20(26-11-22(12-26)13-29-14-22)24-21(23-18)27-8-7-19(25-27)16(2)28/h3-8,10,16,28H,9,11-14H2,1-2H3. The van der Waals surface area contributed by atoms with Gasteiger partial charge < -0.3 is 14.7 Å². The minimum Gasteiger partial charge on any atom is -0.387 e. The van der Waals surface area contributed by atoms with Crippen LogP contribution < -0.4 is 4.90 Å². The quantitative estimate of drug-likeness (QED) is 0.720. The fourth-order valence-electron chi connectivity index (χ4n) is 3.91. The minimum absolute atomic E-state index is 0.313. The van der Waals surface area contributed by atoms with Gasteiger partial charge in [0.1, 0.15) is 5.82 Å². The number of benzene rings is 1. The van der Waals surface area contributed by atoms with Crippen molar-refractivity contribution in [1.29, 1.82) is 0 Å². The summed E-state index contributed by atoms with van der Waals surface area (Å²) in [6.45, 7) is 7.40. The molecule has 0 radical (unpaired) electrons. The zero-order valence-corrected chi connectivity index (χ0v) is 16.7. The fourth-order valence-corrected chi connectivity index (χ4v) is 3.91. The van der Waals surface area contributed by atoms with Crippen LogP contribution in [0.4, 0.5) is 5.82 Å². The Morgan fingerprint density at radius 3 is 2.52 bits per heavy atom. The predicted octanol–water partition coefficient (Wildman–Crippen LogP) is 2.45. The summed E-state index contributed by atoms with van der Waals surface area (Å²) in [4.78, 5) is 11.8. The van der Waals surface area contributed by atoms with E-state index in [1.54, 1.807) is 23.9 Å². The zero-order valence-electron chi connectivity index (χ0n) is 16.7. The van der Waals surface area contributed by atoms with Gasteiger partial charge in [-0.3, -0.25) is 0 Å². The van der Waals surface area contributed by atoms with Crippen molar-refractivity contribution in [2.75, 3.05) is 31.2 Å². The van der Waals surface area contributed by atoms with Crippen molar-refractivity contribution >= 4 is 5.82 Å². The SMILES string of the molecule is Cc1ccc(Cc2cc(N3CC4(COC4)C3)nc(-n3ccc(C(C)O)n3)n2)cc1. The number of hydrogen-bond acceptors (Lipinski definition) is 6. The molecule has 2 aliphatic rings. The van der Waals surface area contributed by atoms with E-state index in [2.05, 4.69) is 47.3 Å². The highest BCUT2D eigenvalue weighted by Crippen LogP contribution is 2.39. The van der Waals surface area contributed by atoms with Gasteiger partial charge in [-0.1, -0.05) is 29.8 Å². The van der Waals surface area contributed by atoms with Gasteiger partial charge in [0.15, 0.2) is 0 Å². The van der Waals surface area contributed by atoms with Gasteiger partial charge in [-0.15, -0.1) is 0 Å². The van der Waals surface area contributed by atoms with Gasteiger partial charge >= 0.3 is 0 Å². The van der Waals surface area contributed by atoms with Crippen LogP contribution in [0.3, 0.4) is 0 Å². The third-order valence-electron chi connectivity index (χ3n) is 5.70. The molecule has 1 unspecified atom stereocenters. The van der Waals surface area contributed by atoms with Gasteiger partial charge in [0.2, 0.25) is 0 Å². The van der Waals surface area contributed by atoms with E-state index in [-0.39, 0.29) is 0 Å². The molecule has 2 aromatic heterocycles. The molecule has 2 aliphatic heterocycles. The first-order valence-electron chi connectivity index (χ1n) is 10.00. The van der Waals surface area contributed by atoms with Crippen molar-refractivity contribution in [3.05, 3.63) is 65.1 Å². The molecular formula is C22H25N5O2. The van der Waals surface area contributed by atoms with Crippen molar-refractivity contribution in [3.63, 3.8) is 0 Å². The van der Waals surface area contributed by atoms with E-state index in [1.165, 1.54) is 11.1 Å². The van der Waals surface area contributed by atoms with Crippen LogP contribution in [0.15, 0.2) is 42.6 Å². The Kier molecular flexibility index (Phi) is 4.37. The maximum atomic E-state index is 9.80. The predicted molar refractivity (Wildman–Crippen MR) is 109 cm³/mol. The number of hydrogen-bond donors (Lipinski definition) is 1. The molecule has 0 amide bonds. The number of nitrogens with zero attached hydrogens (tertiary/aromatic N) is 5. The molecule has 1 spiro atoms. The topological polar surface area (TPSA) is 76.3 Å². The Bertz CT molecular complexity index is 1020. The van der Waals surface area contributed by atoms with Crippen LogP contribution in [0.2, 0.25) is 0 Å². The molecular weight excluding hydrogens is 366 g/mol. The lowest BCUT2D eigenvalue weighted by molar-refractivity contribution is -0.127. The highest BCUT2D eigenvalue weighted by atomic mass is 16.5. The first-order valence-corrected chi connectivity index (χ1v) is 10.00. The molecule has 7 nitrogen and oxygen atoms in total. The number of rotatable bonds is 5. The minimum atomic E-state index is -0.625. The van der Waals surface area contributed by atoms with Gasteiger partial charge in [0, 0.05) is 31.8 Å². The first kappa shape index (κ1) is 18.3. The van der Waals surface area contributed by atoms with E-state index in [0.29, 0.717) is 17.1 Å². The monoisotopic (exact) mass is 391 g/mol. The van der Waals surface area contributed by atoms with E-state index in [0.717, 1.165) is 44.2 Å². The number of aliphatic hydroxyl groups is 1. The number of ether oxygens (including phenoxy) is 1. The van der Waals surface area contributed by atoms with Gasteiger partial charge in [0.25, 0.3) is 5.95 Å². The number of anilines is 1. The lowest BCUT2D eigenvalue weighted by Crippen LogP contribution is -2.66. The maximum Gasteiger partial charge on any atom is 0.252 e. The Morgan fingerprint density at radius 1 is 1.14 bits per heavy atom. The Labute approximate surface area is 170 Å². The van der Waals surface area contributed by atoms with Crippen LogP contribution in [-0.4, -0.2) is 51.2 Å². The highest BCUT2D eigenvalue weighted by Gasteiger charge is 2.49. The Morgan fingerprint density at radius 2 is 1.90 bits per heavy atom. The largest absolute Gasteiger partial charge is 0.387 e. The van der Waals surface area contributed by atoms with Crippen LogP contribution in [0.5, 0.6) is 0 Å². The molecule has 0 bridgehead atoms. The van der Waals surface area contributed by atoms with Gasteiger partial charge in [-0.05, 0) is 25.5 Å². The molecule has 0 aliphatic carbocycles. The van der Waals surface area contributed by atoms with E-state index in [1.807, 2.05) is 0 Å². The lowest BCUT2D eigenvalue weighted by atomic mass is 9.78. The third kappa shape index (κ3) is 3.52. The van der Waals surface area contributed by atoms with Crippen molar-refractivity contribution < 1.29 is 9.84 Å². The summed E-state index contributed by atoms with van der Waals surface area (Å²) in [5, 5.41) is 14.2. The summed E-state index contributed by atoms with van der Waals surface area (Å²) in [5.41, 5.74) is 4.33. The van der Waals surface area contributed by atoms with E-state index in [4.69, 9.17) is 14.7 Å². The molecule has 1 N–H and O–H groups in total. The van der Waals surface area contributed by atoms with Crippen LogP contribution in [0, 0.1) is 12.3 Å². The molecule has 5 rings (SSSR count). The molecule has 29 heavy (non-hydrogen) atoms. The van der Waals surface area contributed by atoms with Crippen LogP contribution in [0.1, 0.15) is 35.5 Å². The molecule has 2 saturated heterocycles. The van der Waals surface area contributed by atoms with Crippen molar-refractivity contribution in [2.24, 2.45) is 5.41 Å². The van der Waals surface area contributed by atoms with Crippen LogP contribution in [0.25, 0.3) is 5.95 Å². The second kappa shape index (κ2) is 6.93. The molecule has 3 aromatic rings. The molecule has 1 aromatic carbocycles. The van der Waals surface area contributed by atoms with Crippen molar-refractivity contribution in [2.45, 2.75) is 26.4 Å². The van der Waals surface area contributed by atoms with Crippen molar-refractivity contribution in [1.82, 2.24) is 19.7 Å². The van der Waals surface area contributed by atoms with Crippen LogP contribution in [-0.2, 0) is 11.2 Å². The second-order valence-electron chi connectivity index (χ2n) is 8.39.